The summed E-state index contributed by atoms with van der Waals surface area (Å²) in [5, 5.41) is 0. The molecule has 6 heteroatoms. The van der Waals surface area contributed by atoms with Crippen LogP contribution in [0, 0.1) is 0 Å². The van der Waals surface area contributed by atoms with Crippen molar-refractivity contribution in [1.29, 1.82) is 0 Å². The van der Waals surface area contributed by atoms with Gasteiger partial charge in [-0.2, -0.15) is 0 Å². The molecule has 0 N–H and O–H groups in total. The Morgan fingerprint density at radius 1 is 0.963 bits per heavy atom. The van der Waals surface area contributed by atoms with E-state index in [2.05, 4.69) is 50.1 Å². The summed E-state index contributed by atoms with van der Waals surface area (Å²) in [4.78, 5) is 27.9. The zero-order chi connectivity index (χ0) is 18.5. The third kappa shape index (κ3) is 4.27. The fraction of sp³-hybridized carbons (Fsp3) is 0.476. The number of nitrogens with zero attached hydrogens (tertiary/aromatic N) is 5. The molecule has 142 valence electrons. The number of piperazine rings is 1. The Labute approximate surface area is 160 Å². The van der Waals surface area contributed by atoms with Crippen LogP contribution >= 0.6 is 0 Å². The highest BCUT2D eigenvalue weighted by Gasteiger charge is 2.27. The molecular formula is C21H27N5O. The highest BCUT2D eigenvalue weighted by Crippen LogP contribution is 2.31. The second-order valence-electron chi connectivity index (χ2n) is 7.27. The lowest BCUT2D eigenvalue weighted by atomic mass is 10.0. The van der Waals surface area contributed by atoms with Gasteiger partial charge < -0.3 is 9.80 Å². The molecule has 2 aliphatic rings. The molecule has 2 fully saturated rings. The molecule has 4 rings (SSSR count). The average Bonchev–Trinajstić information content (AvgIpc) is 3.22. The monoisotopic (exact) mass is 365 g/mol. The third-order valence-electron chi connectivity index (χ3n) is 5.63. The van der Waals surface area contributed by atoms with Crippen LogP contribution in [0.1, 0.15) is 30.9 Å². The van der Waals surface area contributed by atoms with E-state index in [9.17, 15) is 4.79 Å². The van der Waals surface area contributed by atoms with Crippen LogP contribution in [0.5, 0.6) is 0 Å². The number of anilines is 1. The number of hydrogen-bond donors (Lipinski definition) is 0. The Morgan fingerprint density at radius 3 is 2.44 bits per heavy atom. The fourth-order valence-electron chi connectivity index (χ4n) is 4.15. The molecule has 2 saturated heterocycles. The van der Waals surface area contributed by atoms with Gasteiger partial charge in [0, 0.05) is 57.6 Å². The lowest BCUT2D eigenvalue weighted by molar-refractivity contribution is -0.131. The minimum atomic E-state index is 0.266. The van der Waals surface area contributed by atoms with E-state index in [-0.39, 0.29) is 5.91 Å². The summed E-state index contributed by atoms with van der Waals surface area (Å²) in [6.45, 7) is 5.03. The second kappa shape index (κ2) is 8.48. The van der Waals surface area contributed by atoms with Crippen LogP contribution in [0.25, 0.3) is 0 Å². The van der Waals surface area contributed by atoms with Crippen molar-refractivity contribution in [2.45, 2.75) is 25.3 Å². The van der Waals surface area contributed by atoms with Gasteiger partial charge in [0.15, 0.2) is 0 Å². The van der Waals surface area contributed by atoms with E-state index in [1.807, 2.05) is 11.0 Å². The first-order valence-electron chi connectivity index (χ1n) is 9.90. The van der Waals surface area contributed by atoms with Crippen LogP contribution in [0.4, 0.5) is 5.95 Å². The zero-order valence-electron chi connectivity index (χ0n) is 15.7. The van der Waals surface area contributed by atoms with Crippen molar-refractivity contribution in [2.75, 3.05) is 44.2 Å². The minimum absolute atomic E-state index is 0.266. The lowest BCUT2D eigenvalue weighted by Gasteiger charge is -2.35. The van der Waals surface area contributed by atoms with E-state index in [0.29, 0.717) is 12.5 Å². The van der Waals surface area contributed by atoms with E-state index in [4.69, 9.17) is 0 Å². The Bertz CT molecular complexity index is 731. The summed E-state index contributed by atoms with van der Waals surface area (Å²) in [6, 6.07) is 13.0. The van der Waals surface area contributed by atoms with Gasteiger partial charge in [0.2, 0.25) is 11.9 Å². The molecule has 6 nitrogen and oxygen atoms in total. The highest BCUT2D eigenvalue weighted by molar-refractivity contribution is 5.76. The van der Waals surface area contributed by atoms with Crippen LogP contribution in [0.3, 0.4) is 0 Å². The first-order valence-corrected chi connectivity index (χ1v) is 9.90. The molecular weight excluding hydrogens is 338 g/mol. The van der Waals surface area contributed by atoms with Gasteiger partial charge in [0.1, 0.15) is 0 Å². The molecule has 2 aromatic rings. The van der Waals surface area contributed by atoms with E-state index >= 15 is 0 Å². The summed E-state index contributed by atoms with van der Waals surface area (Å²) >= 11 is 0. The highest BCUT2D eigenvalue weighted by atomic mass is 16.2. The van der Waals surface area contributed by atoms with Crippen molar-refractivity contribution >= 4 is 11.9 Å². The Kier molecular flexibility index (Phi) is 5.63. The Hall–Kier alpha value is -2.47. The summed E-state index contributed by atoms with van der Waals surface area (Å²) in [5.41, 5.74) is 1.37. The number of benzene rings is 1. The molecule has 0 aliphatic carbocycles. The fourth-order valence-corrected chi connectivity index (χ4v) is 4.15. The van der Waals surface area contributed by atoms with Crippen molar-refractivity contribution in [1.82, 2.24) is 19.8 Å². The molecule has 1 atom stereocenters. The zero-order valence-corrected chi connectivity index (χ0v) is 15.7. The summed E-state index contributed by atoms with van der Waals surface area (Å²) < 4.78 is 0. The van der Waals surface area contributed by atoms with Crippen molar-refractivity contribution in [3.8, 4) is 0 Å². The topological polar surface area (TPSA) is 52.6 Å². The van der Waals surface area contributed by atoms with Crippen LogP contribution in [0.15, 0.2) is 48.8 Å². The first kappa shape index (κ1) is 17.9. The maximum Gasteiger partial charge on any atom is 0.225 e. The average molecular weight is 365 g/mol. The quantitative estimate of drug-likeness (QED) is 0.814. The maximum absolute atomic E-state index is 12.7. The number of rotatable bonds is 5. The normalized spacial score (nSPS) is 20.8. The van der Waals surface area contributed by atoms with Crippen LogP contribution in [0.2, 0.25) is 0 Å². The Morgan fingerprint density at radius 2 is 1.70 bits per heavy atom. The second-order valence-corrected chi connectivity index (χ2v) is 7.27. The van der Waals surface area contributed by atoms with Crippen LogP contribution < -0.4 is 4.90 Å². The van der Waals surface area contributed by atoms with Gasteiger partial charge in [-0.25, -0.2) is 9.97 Å². The third-order valence-corrected chi connectivity index (χ3v) is 5.63. The van der Waals surface area contributed by atoms with Gasteiger partial charge >= 0.3 is 0 Å². The Balaban J connectivity index is 1.26. The van der Waals surface area contributed by atoms with E-state index < -0.39 is 0 Å². The number of aromatic nitrogens is 2. The summed E-state index contributed by atoms with van der Waals surface area (Å²) in [5.74, 6) is 1.02. The predicted molar refractivity (Wildman–Crippen MR) is 105 cm³/mol. The molecule has 3 heterocycles. The first-order chi connectivity index (χ1) is 13.3. The van der Waals surface area contributed by atoms with Crippen molar-refractivity contribution in [3.05, 3.63) is 54.4 Å². The molecule has 0 spiro atoms. The van der Waals surface area contributed by atoms with E-state index in [1.54, 1.807) is 12.4 Å². The van der Waals surface area contributed by atoms with Crippen molar-refractivity contribution < 1.29 is 4.79 Å². The van der Waals surface area contributed by atoms with Crippen LogP contribution in [-0.4, -0.2) is 64.9 Å². The van der Waals surface area contributed by atoms with Crippen molar-refractivity contribution in [3.63, 3.8) is 0 Å². The van der Waals surface area contributed by atoms with E-state index in [0.717, 1.165) is 45.2 Å². The standard InChI is InChI=1S/C21H27N5O/c27-20(25-14-16-26(17-15-25)21-22-10-5-11-23-21)9-13-24-12-4-8-19(24)18-6-2-1-3-7-18/h1-3,5-7,10-11,19H,4,8-9,12-17H2/t19-/m0/s1. The van der Waals surface area contributed by atoms with E-state index in [1.165, 1.54) is 18.4 Å². The molecule has 2 aliphatic heterocycles. The minimum Gasteiger partial charge on any atom is -0.339 e. The largest absolute Gasteiger partial charge is 0.339 e. The van der Waals surface area contributed by atoms with Gasteiger partial charge in [0.05, 0.1) is 0 Å². The molecule has 0 unspecified atom stereocenters. The number of amides is 1. The number of hydrogen-bond acceptors (Lipinski definition) is 5. The number of carbonyl (C=O) groups is 1. The van der Waals surface area contributed by atoms with Crippen molar-refractivity contribution in [2.24, 2.45) is 0 Å². The molecule has 0 saturated carbocycles. The maximum atomic E-state index is 12.7. The summed E-state index contributed by atoms with van der Waals surface area (Å²) in [7, 11) is 0. The van der Waals surface area contributed by atoms with Crippen LogP contribution in [-0.2, 0) is 4.79 Å². The molecule has 1 aromatic heterocycles. The summed E-state index contributed by atoms with van der Waals surface area (Å²) in [6.07, 6.45) is 6.53. The van der Waals surface area contributed by atoms with Gasteiger partial charge in [-0.1, -0.05) is 30.3 Å². The molecule has 1 aromatic carbocycles. The lowest BCUT2D eigenvalue weighted by Crippen LogP contribution is -2.49. The number of likely N-dealkylation sites (tertiary alicyclic amines) is 1. The molecule has 1 amide bonds. The predicted octanol–water partition coefficient (Wildman–Crippen LogP) is 2.35. The number of carbonyl (C=O) groups excluding carboxylic acids is 1. The van der Waals surface area contributed by atoms with Gasteiger partial charge in [-0.15, -0.1) is 0 Å². The molecule has 0 bridgehead atoms. The van der Waals surface area contributed by atoms with Gasteiger partial charge in [-0.3, -0.25) is 9.69 Å². The smallest absolute Gasteiger partial charge is 0.225 e. The van der Waals surface area contributed by atoms with Gasteiger partial charge in [-0.05, 0) is 31.0 Å². The molecule has 0 radical (unpaired) electrons. The molecule has 27 heavy (non-hydrogen) atoms. The SMILES string of the molecule is O=C(CCN1CCC[C@H]1c1ccccc1)N1CCN(c2ncccn2)CC1. The van der Waals surface area contributed by atoms with Gasteiger partial charge in [0.25, 0.3) is 0 Å².